The second kappa shape index (κ2) is 6.15. The number of carbonyl (C=O) groups excluding carboxylic acids is 1. The SMILES string of the molecule is NNC(=O)c1ccc2c(c1F)OC(c1nc(-c3ccccc3)cs1)O2. The molecule has 0 saturated heterocycles. The number of hydrazine groups is 1. The molecule has 3 aromatic rings. The van der Waals surface area contributed by atoms with Gasteiger partial charge in [0.2, 0.25) is 5.75 Å². The van der Waals surface area contributed by atoms with Crippen LogP contribution >= 0.6 is 11.3 Å². The molecule has 0 aliphatic carbocycles. The van der Waals surface area contributed by atoms with E-state index in [0.717, 1.165) is 11.3 Å². The Kier molecular flexibility index (Phi) is 3.83. The fourth-order valence-corrected chi connectivity index (χ4v) is 3.26. The Labute approximate surface area is 146 Å². The highest BCUT2D eigenvalue weighted by molar-refractivity contribution is 7.10. The highest BCUT2D eigenvalue weighted by Crippen LogP contribution is 2.44. The number of nitrogens with one attached hydrogen (secondary N) is 1. The zero-order chi connectivity index (χ0) is 17.4. The first-order valence-corrected chi connectivity index (χ1v) is 8.23. The fraction of sp³-hybridized carbons (Fsp3) is 0.0588. The number of nitrogens with zero attached hydrogens (tertiary/aromatic N) is 1. The number of fused-ring (bicyclic) bond motifs is 1. The number of nitrogens with two attached hydrogens (primary N) is 1. The molecule has 4 rings (SSSR count). The van der Waals surface area contributed by atoms with Crippen molar-refractivity contribution in [2.75, 3.05) is 0 Å². The molecule has 8 heteroatoms. The first-order chi connectivity index (χ1) is 12.2. The van der Waals surface area contributed by atoms with Gasteiger partial charge in [-0.3, -0.25) is 10.2 Å². The zero-order valence-electron chi connectivity index (χ0n) is 12.7. The summed E-state index contributed by atoms with van der Waals surface area (Å²) in [5.41, 5.74) is 3.43. The van der Waals surface area contributed by atoms with Crippen LogP contribution in [0.15, 0.2) is 47.8 Å². The lowest BCUT2D eigenvalue weighted by molar-refractivity contribution is 0.0465. The summed E-state index contributed by atoms with van der Waals surface area (Å²) in [6.07, 6.45) is -0.858. The molecular formula is C17H12FN3O3S. The molecule has 2 heterocycles. The summed E-state index contributed by atoms with van der Waals surface area (Å²) < 4.78 is 25.6. The first kappa shape index (κ1) is 15.6. The monoisotopic (exact) mass is 357 g/mol. The van der Waals surface area contributed by atoms with Crippen molar-refractivity contribution < 1.29 is 18.7 Å². The second-order valence-electron chi connectivity index (χ2n) is 5.23. The summed E-state index contributed by atoms with van der Waals surface area (Å²) in [4.78, 5) is 16.1. The molecule has 0 radical (unpaired) electrons. The van der Waals surface area contributed by atoms with Gasteiger partial charge in [-0.2, -0.15) is 0 Å². The average Bonchev–Trinajstić information content (AvgIpc) is 3.29. The van der Waals surface area contributed by atoms with Crippen molar-refractivity contribution in [3.05, 3.63) is 64.2 Å². The van der Waals surface area contributed by atoms with Crippen molar-refractivity contribution in [3.63, 3.8) is 0 Å². The molecule has 2 aromatic carbocycles. The number of halogens is 1. The van der Waals surface area contributed by atoms with E-state index >= 15 is 0 Å². The molecule has 6 nitrogen and oxygen atoms in total. The van der Waals surface area contributed by atoms with Crippen LogP contribution in [0.3, 0.4) is 0 Å². The number of benzene rings is 2. The van der Waals surface area contributed by atoms with E-state index in [9.17, 15) is 9.18 Å². The van der Waals surface area contributed by atoms with Crippen molar-refractivity contribution >= 4 is 17.2 Å². The first-order valence-electron chi connectivity index (χ1n) is 7.35. The van der Waals surface area contributed by atoms with Gasteiger partial charge in [0.1, 0.15) is 0 Å². The molecule has 1 aliphatic heterocycles. The molecule has 25 heavy (non-hydrogen) atoms. The lowest BCUT2D eigenvalue weighted by Crippen LogP contribution is -2.30. The summed E-state index contributed by atoms with van der Waals surface area (Å²) in [6.45, 7) is 0. The van der Waals surface area contributed by atoms with Gasteiger partial charge >= 0.3 is 0 Å². The Balaban J connectivity index is 1.61. The summed E-state index contributed by atoms with van der Waals surface area (Å²) in [5.74, 6) is 3.58. The minimum atomic E-state index is -0.858. The lowest BCUT2D eigenvalue weighted by atomic mass is 10.2. The number of amides is 1. The van der Waals surface area contributed by atoms with Crippen molar-refractivity contribution in [2.24, 2.45) is 5.84 Å². The van der Waals surface area contributed by atoms with Crippen LogP contribution in [-0.4, -0.2) is 10.9 Å². The molecule has 0 saturated carbocycles. The van der Waals surface area contributed by atoms with Crippen molar-refractivity contribution in [1.29, 1.82) is 0 Å². The summed E-state index contributed by atoms with van der Waals surface area (Å²) in [6, 6.07) is 12.4. The Morgan fingerprint density at radius 2 is 2.00 bits per heavy atom. The van der Waals surface area contributed by atoms with Gasteiger partial charge in [0.05, 0.1) is 11.3 Å². The Hall–Kier alpha value is -2.97. The number of rotatable bonds is 3. The standard InChI is InChI=1S/C17H12FN3O3S/c18-13-10(15(22)21-19)6-7-12-14(13)24-17(23-12)16-20-11(8-25-16)9-4-2-1-3-5-9/h1-8,17H,19H2,(H,21,22). The fourth-order valence-electron chi connectivity index (χ4n) is 2.48. The smallest absolute Gasteiger partial charge is 0.294 e. The van der Waals surface area contributed by atoms with E-state index in [1.807, 2.05) is 41.1 Å². The topological polar surface area (TPSA) is 86.5 Å². The average molecular weight is 357 g/mol. The van der Waals surface area contributed by atoms with Gasteiger partial charge < -0.3 is 9.47 Å². The molecule has 0 bridgehead atoms. The largest absolute Gasteiger partial charge is 0.444 e. The van der Waals surface area contributed by atoms with E-state index in [4.69, 9.17) is 15.3 Å². The molecule has 1 atom stereocenters. The molecule has 3 N–H and O–H groups in total. The number of ether oxygens (including phenoxy) is 2. The Bertz CT molecular complexity index is 946. The van der Waals surface area contributed by atoms with Crippen molar-refractivity contribution in [1.82, 2.24) is 10.4 Å². The molecular weight excluding hydrogens is 345 g/mol. The highest BCUT2D eigenvalue weighted by Gasteiger charge is 2.33. The van der Waals surface area contributed by atoms with Crippen LogP contribution in [0.1, 0.15) is 21.7 Å². The predicted molar refractivity (Wildman–Crippen MR) is 89.6 cm³/mol. The molecule has 1 amide bonds. The second-order valence-corrected chi connectivity index (χ2v) is 6.12. The molecule has 0 fully saturated rings. The van der Waals surface area contributed by atoms with E-state index in [0.29, 0.717) is 5.01 Å². The number of nitrogen functional groups attached to an aromatic ring is 1. The number of aromatic nitrogens is 1. The van der Waals surface area contributed by atoms with Crippen LogP contribution in [0.25, 0.3) is 11.3 Å². The van der Waals surface area contributed by atoms with Crippen molar-refractivity contribution in [2.45, 2.75) is 6.29 Å². The zero-order valence-corrected chi connectivity index (χ0v) is 13.5. The lowest BCUT2D eigenvalue weighted by Gasteiger charge is -2.06. The van der Waals surface area contributed by atoms with E-state index in [2.05, 4.69) is 4.98 Å². The molecule has 0 spiro atoms. The van der Waals surface area contributed by atoms with E-state index < -0.39 is 18.0 Å². The van der Waals surface area contributed by atoms with Gasteiger partial charge in [0.15, 0.2) is 16.6 Å². The maximum absolute atomic E-state index is 14.4. The van der Waals surface area contributed by atoms with Crippen LogP contribution in [0, 0.1) is 5.82 Å². The summed E-state index contributed by atoms with van der Waals surface area (Å²) in [7, 11) is 0. The third-order valence-corrected chi connectivity index (χ3v) is 4.56. The van der Waals surface area contributed by atoms with Gasteiger partial charge in [-0.15, -0.1) is 11.3 Å². The number of hydrogen-bond donors (Lipinski definition) is 2. The van der Waals surface area contributed by atoms with Gasteiger partial charge in [-0.25, -0.2) is 15.2 Å². The minimum Gasteiger partial charge on any atom is -0.444 e. The highest BCUT2D eigenvalue weighted by atomic mass is 32.1. The van der Waals surface area contributed by atoms with Crippen LogP contribution in [0.2, 0.25) is 0 Å². The van der Waals surface area contributed by atoms with Gasteiger partial charge in [-0.05, 0) is 12.1 Å². The Morgan fingerprint density at radius 1 is 1.20 bits per heavy atom. The van der Waals surface area contributed by atoms with E-state index in [1.165, 1.54) is 23.5 Å². The maximum atomic E-state index is 14.4. The van der Waals surface area contributed by atoms with Crippen LogP contribution < -0.4 is 20.7 Å². The van der Waals surface area contributed by atoms with Crippen molar-refractivity contribution in [3.8, 4) is 22.8 Å². The van der Waals surface area contributed by atoms with Crippen LogP contribution in [0.5, 0.6) is 11.5 Å². The van der Waals surface area contributed by atoms with Crippen LogP contribution in [-0.2, 0) is 0 Å². The van der Waals surface area contributed by atoms with E-state index in [1.54, 1.807) is 0 Å². The quantitative estimate of drug-likeness (QED) is 0.427. The maximum Gasteiger partial charge on any atom is 0.294 e. The summed E-state index contributed by atoms with van der Waals surface area (Å²) in [5, 5.41) is 2.43. The predicted octanol–water partition coefficient (Wildman–Crippen LogP) is 3.02. The van der Waals surface area contributed by atoms with Gasteiger partial charge in [0.25, 0.3) is 12.2 Å². The number of hydrogen-bond acceptors (Lipinski definition) is 6. The number of carbonyl (C=O) groups is 1. The number of thiazole rings is 1. The summed E-state index contributed by atoms with van der Waals surface area (Å²) >= 11 is 1.35. The van der Waals surface area contributed by atoms with Gasteiger partial charge in [0, 0.05) is 10.9 Å². The molecule has 1 aromatic heterocycles. The molecule has 1 aliphatic rings. The normalized spacial score (nSPS) is 15.2. The minimum absolute atomic E-state index is 0.123. The molecule has 1 unspecified atom stereocenters. The third kappa shape index (κ3) is 2.71. The van der Waals surface area contributed by atoms with E-state index in [-0.39, 0.29) is 17.1 Å². The Morgan fingerprint density at radius 3 is 2.76 bits per heavy atom. The molecule has 126 valence electrons. The van der Waals surface area contributed by atoms with Gasteiger partial charge in [-0.1, -0.05) is 30.3 Å². The van der Waals surface area contributed by atoms with Crippen LogP contribution in [0.4, 0.5) is 4.39 Å². The third-order valence-electron chi connectivity index (χ3n) is 3.69.